The van der Waals surface area contributed by atoms with Gasteiger partial charge in [-0.15, -0.1) is 0 Å². The topological polar surface area (TPSA) is 67.8 Å². The zero-order valence-electron chi connectivity index (χ0n) is 14.0. The smallest absolute Gasteiger partial charge is 0.309 e. The first kappa shape index (κ1) is 17.7. The molecule has 0 radical (unpaired) electrons. The quantitative estimate of drug-likeness (QED) is 0.476. The van der Waals surface area contributed by atoms with E-state index in [0.717, 1.165) is 17.6 Å². The predicted octanol–water partition coefficient (Wildman–Crippen LogP) is 2.85. The second-order valence-electron chi connectivity index (χ2n) is 5.81. The summed E-state index contributed by atoms with van der Waals surface area (Å²) in [5.41, 5.74) is 2.68. The minimum absolute atomic E-state index is 0.0411. The summed E-state index contributed by atoms with van der Waals surface area (Å²) < 4.78 is 4.75. The fraction of sp³-hybridized carbons (Fsp3) is 0.316. The summed E-state index contributed by atoms with van der Waals surface area (Å²) in [5, 5.41) is 2.86. The van der Waals surface area contributed by atoms with Crippen molar-refractivity contribution in [2.45, 2.75) is 19.3 Å². The standard InChI is InChI=1S/C19H22N2O3/c1-13(5-4-10-20-2)12-21-18(22)15-8-6-14(7-9-15)16-11-17(16)19(23)24-3/h4-10,16-17H,2,11-12H2,1,3H3,(H,21,22)/b10-4-,13-5+/t16-,17+/m0/s1. The van der Waals surface area contributed by atoms with E-state index in [1.165, 1.54) is 7.11 Å². The Morgan fingerprint density at radius 3 is 2.71 bits per heavy atom. The molecule has 1 aromatic rings. The van der Waals surface area contributed by atoms with Gasteiger partial charge in [-0.25, -0.2) is 0 Å². The number of methoxy groups -OCH3 is 1. The maximum atomic E-state index is 12.1. The summed E-state index contributed by atoms with van der Waals surface area (Å²) in [6.45, 7) is 5.75. The average Bonchev–Trinajstić information content (AvgIpc) is 3.40. The van der Waals surface area contributed by atoms with Gasteiger partial charge in [0.25, 0.3) is 5.91 Å². The van der Waals surface area contributed by atoms with Gasteiger partial charge in [-0.2, -0.15) is 0 Å². The molecule has 2 atom stereocenters. The number of benzene rings is 1. The fourth-order valence-electron chi connectivity index (χ4n) is 2.51. The molecule has 0 unspecified atom stereocenters. The second kappa shape index (κ2) is 8.24. The number of hydrogen-bond acceptors (Lipinski definition) is 4. The number of carbonyl (C=O) groups excluding carboxylic acids is 2. The van der Waals surface area contributed by atoms with Crippen molar-refractivity contribution in [2.24, 2.45) is 10.9 Å². The van der Waals surface area contributed by atoms with Gasteiger partial charge in [-0.3, -0.25) is 14.6 Å². The molecular formula is C19H22N2O3. The highest BCUT2D eigenvalue weighted by molar-refractivity contribution is 5.94. The van der Waals surface area contributed by atoms with E-state index in [-0.39, 0.29) is 23.7 Å². The van der Waals surface area contributed by atoms with Crippen molar-refractivity contribution in [2.75, 3.05) is 13.7 Å². The first-order chi connectivity index (χ1) is 11.6. The summed E-state index contributed by atoms with van der Waals surface area (Å²) in [7, 11) is 1.41. The van der Waals surface area contributed by atoms with Crippen LogP contribution in [0.25, 0.3) is 0 Å². The number of carbonyl (C=O) groups is 2. The van der Waals surface area contributed by atoms with Crippen molar-refractivity contribution in [3.05, 3.63) is 59.3 Å². The van der Waals surface area contributed by atoms with Gasteiger partial charge in [0.1, 0.15) is 0 Å². The van der Waals surface area contributed by atoms with Gasteiger partial charge in [0.05, 0.1) is 13.0 Å². The van der Waals surface area contributed by atoms with Gasteiger partial charge in [-0.05, 0) is 49.8 Å². The fourth-order valence-corrected chi connectivity index (χ4v) is 2.51. The monoisotopic (exact) mass is 326 g/mol. The van der Waals surface area contributed by atoms with E-state index >= 15 is 0 Å². The minimum atomic E-state index is -0.162. The Kier molecular flexibility index (Phi) is 6.07. The van der Waals surface area contributed by atoms with E-state index in [9.17, 15) is 9.59 Å². The van der Waals surface area contributed by atoms with Crippen LogP contribution < -0.4 is 5.32 Å². The van der Waals surface area contributed by atoms with Crippen molar-refractivity contribution in [3.63, 3.8) is 0 Å². The molecule has 0 bridgehead atoms. The van der Waals surface area contributed by atoms with E-state index in [4.69, 9.17) is 4.74 Å². The van der Waals surface area contributed by atoms with Gasteiger partial charge < -0.3 is 10.1 Å². The number of aliphatic imine (C=N–C) groups is 1. The number of nitrogens with one attached hydrogen (secondary N) is 1. The molecule has 2 rings (SSSR count). The number of ether oxygens (including phenoxy) is 1. The Balaban J connectivity index is 1.88. The molecular weight excluding hydrogens is 304 g/mol. The maximum Gasteiger partial charge on any atom is 0.309 e. The van der Waals surface area contributed by atoms with Crippen LogP contribution in [0.4, 0.5) is 0 Å². The Labute approximate surface area is 142 Å². The summed E-state index contributed by atoms with van der Waals surface area (Å²) >= 11 is 0. The Morgan fingerprint density at radius 2 is 2.08 bits per heavy atom. The molecule has 1 fully saturated rings. The van der Waals surface area contributed by atoms with Crippen LogP contribution in [0.15, 0.2) is 53.2 Å². The summed E-state index contributed by atoms with van der Waals surface area (Å²) in [5.74, 6) is -0.115. The third-order valence-corrected chi connectivity index (χ3v) is 4.00. The number of amides is 1. The number of rotatable bonds is 7. The third-order valence-electron chi connectivity index (χ3n) is 4.00. The third kappa shape index (κ3) is 4.65. The maximum absolute atomic E-state index is 12.1. The van der Waals surface area contributed by atoms with Crippen LogP contribution in [0.3, 0.4) is 0 Å². The minimum Gasteiger partial charge on any atom is -0.469 e. The molecule has 1 aromatic carbocycles. The molecule has 1 N–H and O–H groups in total. The largest absolute Gasteiger partial charge is 0.469 e. The van der Waals surface area contributed by atoms with E-state index in [0.29, 0.717) is 12.1 Å². The normalized spacial score (nSPS) is 19.8. The molecule has 1 aliphatic rings. The Bertz CT molecular complexity index is 674. The SMILES string of the molecule is C=N/C=C\C=C(/C)CNC(=O)c1ccc([C@@H]2C[C@H]2C(=O)OC)cc1. The Hall–Kier alpha value is -2.69. The highest BCUT2D eigenvalue weighted by Gasteiger charge is 2.44. The highest BCUT2D eigenvalue weighted by Crippen LogP contribution is 2.48. The molecule has 0 aromatic heterocycles. The van der Waals surface area contributed by atoms with Gasteiger partial charge >= 0.3 is 5.97 Å². The van der Waals surface area contributed by atoms with E-state index in [1.807, 2.05) is 25.1 Å². The van der Waals surface area contributed by atoms with Crippen LogP contribution in [-0.4, -0.2) is 32.2 Å². The molecule has 5 nitrogen and oxygen atoms in total. The molecule has 0 saturated heterocycles. The summed E-state index contributed by atoms with van der Waals surface area (Å²) in [6.07, 6.45) is 6.05. The van der Waals surface area contributed by atoms with Crippen molar-refractivity contribution in [1.82, 2.24) is 5.32 Å². The van der Waals surface area contributed by atoms with E-state index in [2.05, 4.69) is 17.0 Å². The molecule has 0 heterocycles. The zero-order chi connectivity index (χ0) is 17.5. The molecule has 0 spiro atoms. The zero-order valence-corrected chi connectivity index (χ0v) is 14.0. The number of hydrogen-bond donors (Lipinski definition) is 1. The van der Waals surface area contributed by atoms with Gasteiger partial charge in [0.15, 0.2) is 0 Å². The van der Waals surface area contributed by atoms with E-state index in [1.54, 1.807) is 24.4 Å². The lowest BCUT2D eigenvalue weighted by Crippen LogP contribution is -2.25. The van der Waals surface area contributed by atoms with Crippen molar-refractivity contribution in [1.29, 1.82) is 0 Å². The van der Waals surface area contributed by atoms with Gasteiger partial charge in [0.2, 0.25) is 0 Å². The lowest BCUT2D eigenvalue weighted by atomic mass is 10.1. The lowest BCUT2D eigenvalue weighted by molar-refractivity contribution is -0.142. The van der Waals surface area contributed by atoms with Crippen LogP contribution in [0.2, 0.25) is 0 Å². The van der Waals surface area contributed by atoms with E-state index < -0.39 is 0 Å². The highest BCUT2D eigenvalue weighted by atomic mass is 16.5. The van der Waals surface area contributed by atoms with Crippen molar-refractivity contribution >= 4 is 18.6 Å². The van der Waals surface area contributed by atoms with Crippen LogP contribution in [0, 0.1) is 5.92 Å². The first-order valence-electron chi connectivity index (χ1n) is 7.81. The molecule has 24 heavy (non-hydrogen) atoms. The Morgan fingerprint density at radius 1 is 1.38 bits per heavy atom. The molecule has 0 aliphatic heterocycles. The summed E-state index contributed by atoms with van der Waals surface area (Å²) in [4.78, 5) is 27.2. The molecule has 1 aliphatic carbocycles. The average molecular weight is 326 g/mol. The van der Waals surface area contributed by atoms with Crippen LogP contribution in [-0.2, 0) is 9.53 Å². The second-order valence-corrected chi connectivity index (χ2v) is 5.81. The van der Waals surface area contributed by atoms with Crippen LogP contribution in [0.5, 0.6) is 0 Å². The number of esters is 1. The molecule has 1 saturated carbocycles. The van der Waals surface area contributed by atoms with Gasteiger partial charge in [-0.1, -0.05) is 23.8 Å². The first-order valence-corrected chi connectivity index (χ1v) is 7.81. The number of nitrogens with zero attached hydrogens (tertiary/aromatic N) is 1. The van der Waals surface area contributed by atoms with Gasteiger partial charge in [0, 0.05) is 18.3 Å². The summed E-state index contributed by atoms with van der Waals surface area (Å²) in [6, 6.07) is 7.39. The van der Waals surface area contributed by atoms with Crippen LogP contribution in [0.1, 0.15) is 35.2 Å². The molecule has 5 heteroatoms. The van der Waals surface area contributed by atoms with Crippen molar-refractivity contribution in [3.8, 4) is 0 Å². The van der Waals surface area contributed by atoms with Crippen molar-refractivity contribution < 1.29 is 14.3 Å². The lowest BCUT2D eigenvalue weighted by Gasteiger charge is -2.06. The predicted molar refractivity (Wildman–Crippen MR) is 94.1 cm³/mol. The molecule has 126 valence electrons. The number of allylic oxidation sites excluding steroid dienone is 2. The van der Waals surface area contributed by atoms with Crippen LogP contribution >= 0.6 is 0 Å². The molecule has 1 amide bonds.